The van der Waals surface area contributed by atoms with Gasteiger partial charge < -0.3 is 5.32 Å². The number of nitrogens with zero attached hydrogens (tertiary/aromatic N) is 2. The minimum Gasteiger partial charge on any atom is -0.325 e. The Morgan fingerprint density at radius 3 is 2.81 bits per heavy atom. The van der Waals surface area contributed by atoms with Crippen LogP contribution in [0.25, 0.3) is 0 Å². The first-order valence-corrected chi connectivity index (χ1v) is 12.3. The standard InChI is InChI=1S/C24H25N3O2S2/c1-16-8-9-17(2)20(14-16)25-21(28)15-31-24-26-19-11-13-30-22(19)23(29)27(24)12-10-18-6-4-3-5-7-18/h3-9,14H,10-13,15H2,1-2H3,(H,25,28). The summed E-state index contributed by atoms with van der Waals surface area (Å²) in [7, 11) is 0. The molecule has 0 saturated heterocycles. The van der Waals surface area contributed by atoms with Crippen LogP contribution in [0.1, 0.15) is 22.4 Å². The maximum absolute atomic E-state index is 13.1. The molecule has 3 aromatic rings. The van der Waals surface area contributed by atoms with Gasteiger partial charge in [0.05, 0.1) is 16.3 Å². The largest absolute Gasteiger partial charge is 0.325 e. The second-order valence-corrected chi connectivity index (χ2v) is 9.66. The van der Waals surface area contributed by atoms with Gasteiger partial charge in [-0.3, -0.25) is 14.2 Å². The summed E-state index contributed by atoms with van der Waals surface area (Å²) in [6.45, 7) is 4.52. The summed E-state index contributed by atoms with van der Waals surface area (Å²) in [5.41, 5.74) is 5.00. The normalized spacial score (nSPS) is 12.6. The van der Waals surface area contributed by atoms with E-state index in [1.165, 1.54) is 17.3 Å². The zero-order valence-corrected chi connectivity index (χ0v) is 19.3. The number of benzene rings is 2. The van der Waals surface area contributed by atoms with Crippen molar-refractivity contribution in [2.45, 2.75) is 43.3 Å². The van der Waals surface area contributed by atoms with E-state index in [9.17, 15) is 9.59 Å². The highest BCUT2D eigenvalue weighted by atomic mass is 32.2. The van der Waals surface area contributed by atoms with Gasteiger partial charge in [-0.1, -0.05) is 54.2 Å². The average molecular weight is 452 g/mol. The van der Waals surface area contributed by atoms with Crippen molar-refractivity contribution in [1.29, 1.82) is 0 Å². The number of carbonyl (C=O) groups is 1. The Bertz CT molecular complexity index is 1160. The van der Waals surface area contributed by atoms with Crippen molar-refractivity contribution < 1.29 is 4.79 Å². The van der Waals surface area contributed by atoms with Crippen molar-refractivity contribution in [1.82, 2.24) is 9.55 Å². The van der Waals surface area contributed by atoms with Gasteiger partial charge in [0.25, 0.3) is 5.56 Å². The first-order chi connectivity index (χ1) is 15.0. The summed E-state index contributed by atoms with van der Waals surface area (Å²) in [5, 5.41) is 3.61. The number of anilines is 1. The Balaban J connectivity index is 1.51. The van der Waals surface area contributed by atoms with Gasteiger partial charge in [-0.05, 0) is 43.0 Å². The van der Waals surface area contributed by atoms with Crippen molar-refractivity contribution in [2.24, 2.45) is 0 Å². The molecule has 160 valence electrons. The Labute approximate surface area is 190 Å². The Morgan fingerprint density at radius 1 is 1.19 bits per heavy atom. The number of thioether (sulfide) groups is 2. The first kappa shape index (κ1) is 21.7. The first-order valence-electron chi connectivity index (χ1n) is 10.3. The summed E-state index contributed by atoms with van der Waals surface area (Å²) >= 11 is 2.91. The van der Waals surface area contributed by atoms with Crippen LogP contribution in [-0.2, 0) is 24.2 Å². The van der Waals surface area contributed by atoms with Crippen molar-refractivity contribution in [3.63, 3.8) is 0 Å². The van der Waals surface area contributed by atoms with E-state index in [1.807, 2.05) is 50.2 Å². The number of rotatable bonds is 7. The molecule has 4 rings (SSSR count). The van der Waals surface area contributed by atoms with Gasteiger partial charge in [0, 0.05) is 24.4 Å². The fourth-order valence-corrected chi connectivity index (χ4v) is 5.39. The van der Waals surface area contributed by atoms with Gasteiger partial charge in [0.15, 0.2) is 5.16 Å². The Kier molecular flexibility index (Phi) is 6.83. The van der Waals surface area contributed by atoms with E-state index in [2.05, 4.69) is 17.4 Å². The van der Waals surface area contributed by atoms with Crippen LogP contribution in [0.2, 0.25) is 0 Å². The van der Waals surface area contributed by atoms with Crippen LogP contribution in [0, 0.1) is 13.8 Å². The van der Waals surface area contributed by atoms with E-state index < -0.39 is 0 Å². The molecule has 0 fully saturated rings. The van der Waals surface area contributed by atoms with Crippen molar-refractivity contribution in [2.75, 3.05) is 16.8 Å². The van der Waals surface area contributed by atoms with Crippen LogP contribution < -0.4 is 10.9 Å². The Hall–Kier alpha value is -2.51. The molecular formula is C24H25N3O2S2. The van der Waals surface area contributed by atoms with Crippen LogP contribution in [-0.4, -0.2) is 27.0 Å². The third-order valence-corrected chi connectivity index (χ3v) is 7.30. The van der Waals surface area contributed by atoms with Gasteiger partial charge in [0.1, 0.15) is 0 Å². The zero-order valence-electron chi connectivity index (χ0n) is 17.7. The van der Waals surface area contributed by atoms with E-state index >= 15 is 0 Å². The van der Waals surface area contributed by atoms with E-state index in [0.29, 0.717) is 11.7 Å². The van der Waals surface area contributed by atoms with Gasteiger partial charge in [-0.25, -0.2) is 4.98 Å². The van der Waals surface area contributed by atoms with Crippen LogP contribution >= 0.6 is 23.5 Å². The maximum atomic E-state index is 13.1. The van der Waals surface area contributed by atoms with E-state index in [1.54, 1.807) is 16.3 Å². The highest BCUT2D eigenvalue weighted by Gasteiger charge is 2.22. The van der Waals surface area contributed by atoms with Crippen molar-refractivity contribution in [3.05, 3.63) is 81.3 Å². The summed E-state index contributed by atoms with van der Waals surface area (Å²) in [6.07, 6.45) is 1.55. The molecule has 1 N–H and O–H groups in total. The maximum Gasteiger partial charge on any atom is 0.268 e. The zero-order chi connectivity index (χ0) is 21.8. The summed E-state index contributed by atoms with van der Waals surface area (Å²) in [5.74, 6) is 0.992. The molecule has 2 heterocycles. The van der Waals surface area contributed by atoms with Crippen molar-refractivity contribution >= 4 is 35.1 Å². The minimum atomic E-state index is -0.0996. The second-order valence-electron chi connectivity index (χ2n) is 7.62. The smallest absolute Gasteiger partial charge is 0.268 e. The van der Waals surface area contributed by atoms with Crippen molar-refractivity contribution in [3.8, 4) is 0 Å². The molecule has 0 unspecified atom stereocenters. The predicted molar refractivity (Wildman–Crippen MR) is 128 cm³/mol. The molecular weight excluding hydrogens is 426 g/mol. The lowest BCUT2D eigenvalue weighted by atomic mass is 10.1. The highest BCUT2D eigenvalue weighted by Crippen LogP contribution is 2.29. The number of amides is 1. The predicted octanol–water partition coefficient (Wildman–Crippen LogP) is 4.48. The molecule has 7 heteroatoms. The molecule has 0 atom stereocenters. The fraction of sp³-hybridized carbons (Fsp3) is 0.292. The molecule has 1 aliphatic heterocycles. The molecule has 1 aromatic heterocycles. The summed E-state index contributed by atoms with van der Waals surface area (Å²) in [4.78, 5) is 31.2. The molecule has 1 amide bonds. The molecule has 2 aromatic carbocycles. The molecule has 31 heavy (non-hydrogen) atoms. The average Bonchev–Trinajstić information content (AvgIpc) is 3.24. The number of fused-ring (bicyclic) bond motifs is 1. The molecule has 0 radical (unpaired) electrons. The van der Waals surface area contributed by atoms with Gasteiger partial charge in [-0.2, -0.15) is 0 Å². The number of carbonyl (C=O) groups excluding carboxylic acids is 1. The number of hydrogen-bond donors (Lipinski definition) is 1. The Morgan fingerprint density at radius 2 is 2.00 bits per heavy atom. The number of hydrogen-bond acceptors (Lipinski definition) is 5. The lowest BCUT2D eigenvalue weighted by molar-refractivity contribution is -0.113. The monoisotopic (exact) mass is 451 g/mol. The van der Waals surface area contributed by atoms with Gasteiger partial charge in [0.2, 0.25) is 5.91 Å². The highest BCUT2D eigenvalue weighted by molar-refractivity contribution is 8.00. The third-order valence-electron chi connectivity index (χ3n) is 5.21. The summed E-state index contributed by atoms with van der Waals surface area (Å²) < 4.78 is 1.74. The molecule has 0 spiro atoms. The lowest BCUT2D eigenvalue weighted by Crippen LogP contribution is -2.27. The topological polar surface area (TPSA) is 64.0 Å². The number of aromatic nitrogens is 2. The lowest BCUT2D eigenvalue weighted by Gasteiger charge is -2.14. The second kappa shape index (κ2) is 9.75. The van der Waals surface area contributed by atoms with Gasteiger partial charge in [-0.15, -0.1) is 11.8 Å². The molecule has 0 aliphatic carbocycles. The van der Waals surface area contributed by atoms with Crippen LogP contribution in [0.4, 0.5) is 5.69 Å². The van der Waals surface area contributed by atoms with Crippen LogP contribution in [0.5, 0.6) is 0 Å². The third kappa shape index (κ3) is 5.22. The molecule has 5 nitrogen and oxygen atoms in total. The SMILES string of the molecule is Cc1ccc(C)c(NC(=O)CSc2nc3c(c(=O)n2CCc2ccccc2)SCC3)c1. The van der Waals surface area contributed by atoms with Crippen LogP contribution in [0.15, 0.2) is 63.4 Å². The summed E-state index contributed by atoms with van der Waals surface area (Å²) in [6, 6.07) is 16.1. The van der Waals surface area contributed by atoms with E-state index in [4.69, 9.17) is 4.98 Å². The molecule has 0 saturated carbocycles. The molecule has 1 aliphatic rings. The quantitative estimate of drug-likeness (QED) is 0.424. The van der Waals surface area contributed by atoms with E-state index in [0.717, 1.165) is 46.0 Å². The van der Waals surface area contributed by atoms with Crippen LogP contribution in [0.3, 0.4) is 0 Å². The van der Waals surface area contributed by atoms with E-state index in [-0.39, 0.29) is 17.2 Å². The minimum absolute atomic E-state index is 0.0147. The number of nitrogens with one attached hydrogen (secondary N) is 1. The van der Waals surface area contributed by atoms with Gasteiger partial charge >= 0.3 is 0 Å². The fourth-order valence-electron chi connectivity index (χ4n) is 3.50. The number of aryl methyl sites for hydroxylation is 4. The molecule has 0 bridgehead atoms.